The van der Waals surface area contributed by atoms with Crippen LogP contribution in [0.1, 0.15) is 84.1 Å². The average Bonchev–Trinajstić information content (AvgIpc) is 3.12. The molecule has 0 saturated heterocycles. The third-order valence-electron chi connectivity index (χ3n) is 10.6. The maximum absolute atomic E-state index is 11.7. The van der Waals surface area contributed by atoms with E-state index in [1.807, 2.05) is 0 Å². The Morgan fingerprint density at radius 3 is 2.55 bits per heavy atom. The van der Waals surface area contributed by atoms with E-state index in [9.17, 15) is 10.2 Å². The van der Waals surface area contributed by atoms with E-state index < -0.39 is 5.60 Å². The van der Waals surface area contributed by atoms with Gasteiger partial charge >= 0.3 is 0 Å². The maximum Gasteiger partial charge on any atom is 0.0656 e. The molecule has 0 aromatic heterocycles. The van der Waals surface area contributed by atoms with Crippen molar-refractivity contribution >= 4 is 0 Å². The summed E-state index contributed by atoms with van der Waals surface area (Å²) in [6, 6.07) is 10.7. The largest absolute Gasteiger partial charge is 0.393 e. The number of hydrogen-bond acceptors (Lipinski definition) is 2. The molecule has 2 N–H and O–H groups in total. The minimum absolute atomic E-state index is 0.125. The van der Waals surface area contributed by atoms with Crippen molar-refractivity contribution in [1.82, 2.24) is 0 Å². The SMILES string of the molecule is CC(O)(CCc1ccccc1)[C@H]1CC[C@H]2[C@@H]3CC=C4C[C@@H](O)CC[C@]4(C)[C@H]3CC[C@]12C. The zero-order valence-corrected chi connectivity index (χ0v) is 19.8. The highest BCUT2D eigenvalue weighted by Gasteiger charge is 2.61. The van der Waals surface area contributed by atoms with Crippen LogP contribution in [0, 0.1) is 34.5 Å². The molecule has 0 heterocycles. The zero-order valence-electron chi connectivity index (χ0n) is 19.8. The van der Waals surface area contributed by atoms with Gasteiger partial charge in [-0.15, -0.1) is 0 Å². The fraction of sp³-hybridized carbons (Fsp3) is 0.724. The topological polar surface area (TPSA) is 40.5 Å². The lowest BCUT2D eigenvalue weighted by Crippen LogP contribution is -2.53. The second-order valence-electron chi connectivity index (χ2n) is 12.2. The number of hydrogen-bond donors (Lipinski definition) is 2. The predicted octanol–water partition coefficient (Wildman–Crippen LogP) is 6.31. The molecule has 0 aliphatic heterocycles. The van der Waals surface area contributed by atoms with E-state index >= 15 is 0 Å². The van der Waals surface area contributed by atoms with Crippen molar-refractivity contribution in [1.29, 1.82) is 0 Å². The second kappa shape index (κ2) is 7.73. The van der Waals surface area contributed by atoms with Gasteiger partial charge in [0.25, 0.3) is 0 Å². The van der Waals surface area contributed by atoms with Crippen LogP contribution >= 0.6 is 0 Å². The lowest BCUT2D eigenvalue weighted by molar-refractivity contribution is -0.104. The smallest absolute Gasteiger partial charge is 0.0656 e. The molecular formula is C29H42O2. The molecule has 0 bridgehead atoms. The van der Waals surface area contributed by atoms with E-state index in [1.54, 1.807) is 5.57 Å². The molecule has 5 rings (SSSR count). The molecule has 170 valence electrons. The Labute approximate surface area is 189 Å². The van der Waals surface area contributed by atoms with Crippen LogP contribution in [0.5, 0.6) is 0 Å². The fourth-order valence-corrected chi connectivity index (χ4v) is 8.88. The molecule has 3 saturated carbocycles. The molecule has 0 spiro atoms. The van der Waals surface area contributed by atoms with E-state index in [-0.39, 0.29) is 11.5 Å². The van der Waals surface area contributed by atoms with Crippen molar-refractivity contribution in [2.45, 2.75) is 96.7 Å². The number of rotatable bonds is 4. The standard InChI is InChI=1S/C29H42O2/c1-27-16-14-22(30)19-21(27)9-10-23-24-11-12-26(28(24,2)17-15-25(23)27)29(3,31)18-13-20-7-5-4-6-8-20/h4-9,22-26,30-31H,10-19H2,1-3H3/t22-,23-,24-,25-,26-,27-,28-,29?/m0/s1. The summed E-state index contributed by atoms with van der Waals surface area (Å²) < 4.78 is 0. The van der Waals surface area contributed by atoms with Crippen LogP contribution in [0.15, 0.2) is 42.0 Å². The molecule has 2 heteroatoms. The molecule has 0 amide bonds. The molecule has 4 aliphatic carbocycles. The summed E-state index contributed by atoms with van der Waals surface area (Å²) in [4.78, 5) is 0. The quantitative estimate of drug-likeness (QED) is 0.558. The Morgan fingerprint density at radius 1 is 1.00 bits per heavy atom. The van der Waals surface area contributed by atoms with Gasteiger partial charge in [-0.2, -0.15) is 0 Å². The van der Waals surface area contributed by atoms with Crippen LogP contribution in [0.2, 0.25) is 0 Å². The minimum atomic E-state index is -0.597. The molecule has 1 unspecified atom stereocenters. The first-order valence-corrected chi connectivity index (χ1v) is 12.9. The van der Waals surface area contributed by atoms with Gasteiger partial charge in [-0.1, -0.05) is 55.8 Å². The van der Waals surface area contributed by atoms with Crippen molar-refractivity contribution in [3.63, 3.8) is 0 Å². The van der Waals surface area contributed by atoms with Gasteiger partial charge in [-0.25, -0.2) is 0 Å². The number of aliphatic hydroxyl groups is 2. The van der Waals surface area contributed by atoms with E-state index in [4.69, 9.17) is 0 Å². The number of fused-ring (bicyclic) bond motifs is 5. The fourth-order valence-electron chi connectivity index (χ4n) is 8.88. The lowest BCUT2D eigenvalue weighted by Gasteiger charge is -2.59. The summed E-state index contributed by atoms with van der Waals surface area (Å²) in [6.07, 6.45) is 13.5. The lowest BCUT2D eigenvalue weighted by atomic mass is 9.46. The van der Waals surface area contributed by atoms with Crippen molar-refractivity contribution in [2.75, 3.05) is 0 Å². The normalized spacial score (nSPS) is 43.9. The first-order chi connectivity index (χ1) is 14.7. The Kier molecular flexibility index (Phi) is 5.42. The first-order valence-electron chi connectivity index (χ1n) is 12.9. The molecule has 0 radical (unpaired) electrons. The summed E-state index contributed by atoms with van der Waals surface area (Å²) in [5.74, 6) is 2.67. The van der Waals surface area contributed by atoms with Crippen molar-refractivity contribution in [3.05, 3.63) is 47.5 Å². The van der Waals surface area contributed by atoms with Crippen molar-refractivity contribution in [3.8, 4) is 0 Å². The number of aryl methyl sites for hydroxylation is 1. The van der Waals surface area contributed by atoms with E-state index in [0.717, 1.165) is 49.9 Å². The first kappa shape index (κ1) is 21.7. The highest BCUT2D eigenvalue weighted by Crippen LogP contribution is 2.67. The van der Waals surface area contributed by atoms with Crippen molar-refractivity contribution < 1.29 is 10.2 Å². The summed E-state index contributed by atoms with van der Waals surface area (Å²) in [6.45, 7) is 7.16. The second-order valence-corrected chi connectivity index (χ2v) is 12.2. The summed E-state index contributed by atoms with van der Waals surface area (Å²) in [5, 5.41) is 21.9. The number of benzene rings is 1. The minimum Gasteiger partial charge on any atom is -0.393 e. The van der Waals surface area contributed by atoms with Gasteiger partial charge in [0.15, 0.2) is 0 Å². The van der Waals surface area contributed by atoms with Gasteiger partial charge in [0.05, 0.1) is 11.7 Å². The zero-order chi connectivity index (χ0) is 21.9. The summed E-state index contributed by atoms with van der Waals surface area (Å²) in [5.41, 5.74) is 2.86. The Bertz CT molecular complexity index is 826. The third kappa shape index (κ3) is 3.53. The van der Waals surface area contributed by atoms with Crippen molar-refractivity contribution in [2.24, 2.45) is 34.5 Å². The molecule has 1 aromatic rings. The highest BCUT2D eigenvalue weighted by atomic mass is 16.3. The maximum atomic E-state index is 11.7. The summed E-state index contributed by atoms with van der Waals surface area (Å²) in [7, 11) is 0. The van der Waals surface area contributed by atoms with Crippen LogP contribution in [-0.4, -0.2) is 21.9 Å². The van der Waals surface area contributed by atoms with Crippen LogP contribution in [0.3, 0.4) is 0 Å². The van der Waals surface area contributed by atoms with Crippen LogP contribution in [-0.2, 0) is 6.42 Å². The van der Waals surface area contributed by atoms with Crippen LogP contribution < -0.4 is 0 Å². The van der Waals surface area contributed by atoms with Gasteiger partial charge in [-0.05, 0) is 111 Å². The third-order valence-corrected chi connectivity index (χ3v) is 10.6. The molecule has 2 nitrogen and oxygen atoms in total. The summed E-state index contributed by atoms with van der Waals surface area (Å²) >= 11 is 0. The predicted molar refractivity (Wildman–Crippen MR) is 127 cm³/mol. The van der Waals surface area contributed by atoms with Gasteiger partial charge < -0.3 is 10.2 Å². The Morgan fingerprint density at radius 2 is 1.77 bits per heavy atom. The van der Waals surface area contributed by atoms with Gasteiger partial charge in [0.2, 0.25) is 0 Å². The number of aliphatic hydroxyl groups excluding tert-OH is 1. The van der Waals surface area contributed by atoms with E-state index in [0.29, 0.717) is 11.3 Å². The van der Waals surface area contributed by atoms with E-state index in [1.165, 1.54) is 37.7 Å². The molecule has 4 aliphatic rings. The highest BCUT2D eigenvalue weighted by molar-refractivity contribution is 5.26. The van der Waals surface area contributed by atoms with Gasteiger partial charge in [0.1, 0.15) is 0 Å². The number of allylic oxidation sites excluding steroid dienone is 1. The molecule has 3 fully saturated rings. The molecule has 1 aromatic carbocycles. The van der Waals surface area contributed by atoms with E-state index in [2.05, 4.69) is 57.2 Å². The Hall–Kier alpha value is -1.12. The van der Waals surface area contributed by atoms with Gasteiger partial charge in [-0.3, -0.25) is 0 Å². The van der Waals surface area contributed by atoms with Crippen LogP contribution in [0.25, 0.3) is 0 Å². The molecular weight excluding hydrogens is 380 g/mol. The van der Waals surface area contributed by atoms with Crippen LogP contribution in [0.4, 0.5) is 0 Å². The molecule has 31 heavy (non-hydrogen) atoms. The molecule has 8 atom stereocenters. The monoisotopic (exact) mass is 422 g/mol. The Balaban J connectivity index is 1.35. The van der Waals surface area contributed by atoms with Gasteiger partial charge in [0, 0.05) is 0 Å². The average molecular weight is 423 g/mol.